The molecule has 13 heavy (non-hydrogen) atoms. The Morgan fingerprint density at radius 1 is 1.77 bits per heavy atom. The van der Waals surface area contributed by atoms with Crippen LogP contribution in [0.4, 0.5) is 10.6 Å². The number of aromatic nitrogens is 2. The number of hydrogen-bond acceptors (Lipinski definition) is 5. The third kappa shape index (κ3) is 2.09. The molecule has 0 saturated carbocycles. The Kier molecular flexibility index (Phi) is 2.70. The number of nitrogens with zero attached hydrogens (tertiary/aromatic N) is 2. The van der Waals surface area contributed by atoms with Crippen molar-refractivity contribution in [1.82, 2.24) is 9.78 Å². The first-order valence-corrected chi connectivity index (χ1v) is 3.54. The summed E-state index contributed by atoms with van der Waals surface area (Å²) in [5, 5.41) is 12.3. The normalized spacial score (nSPS) is 9.92. The Morgan fingerprint density at radius 2 is 2.46 bits per heavy atom. The molecule has 0 saturated heterocycles. The highest BCUT2D eigenvalue weighted by Crippen LogP contribution is 2.19. The molecular formula is C6H10N4O3. The van der Waals surface area contributed by atoms with Crippen molar-refractivity contribution in [2.24, 2.45) is 5.73 Å². The maximum absolute atomic E-state index is 10.3. The summed E-state index contributed by atoms with van der Waals surface area (Å²) in [4.78, 5) is 10.3. The molecule has 0 radical (unpaired) electrons. The number of hydrogen-bond donors (Lipinski definition) is 3. The van der Waals surface area contributed by atoms with Crippen molar-refractivity contribution < 1.29 is 14.6 Å². The molecule has 1 aromatic rings. The number of amides is 1. The van der Waals surface area contributed by atoms with Gasteiger partial charge in [-0.15, -0.1) is 0 Å². The molecule has 0 fully saturated rings. The van der Waals surface area contributed by atoms with Gasteiger partial charge in [0.25, 0.3) is 0 Å². The van der Waals surface area contributed by atoms with E-state index in [1.807, 2.05) is 0 Å². The van der Waals surface area contributed by atoms with Gasteiger partial charge in [0.1, 0.15) is 0 Å². The summed E-state index contributed by atoms with van der Waals surface area (Å²) in [5.41, 5.74) is 10.3. The fraction of sp³-hybridized carbons (Fsp3) is 0.333. The number of aliphatic hydroxyl groups is 1. The van der Waals surface area contributed by atoms with Gasteiger partial charge in [0.2, 0.25) is 0 Å². The Hall–Kier alpha value is -1.76. The summed E-state index contributed by atoms with van der Waals surface area (Å²) >= 11 is 0. The van der Waals surface area contributed by atoms with Crippen LogP contribution in [-0.4, -0.2) is 27.6 Å². The zero-order chi connectivity index (χ0) is 9.84. The number of primary amides is 1. The molecule has 1 amide bonds. The number of ether oxygens (including phenoxy) is 1. The standard InChI is InChI=1S/C6H10N4O3/c7-5-4(13-6(8)12)3-9-10(5)1-2-11/h3,11H,1-2,7H2,(H2,8,12). The van der Waals surface area contributed by atoms with E-state index in [9.17, 15) is 4.79 Å². The number of carbonyl (C=O) groups excluding carboxylic acids is 1. The lowest BCUT2D eigenvalue weighted by Gasteiger charge is -2.01. The summed E-state index contributed by atoms with van der Waals surface area (Å²) < 4.78 is 5.82. The largest absolute Gasteiger partial charge is 0.410 e. The smallest absolute Gasteiger partial charge is 0.405 e. The van der Waals surface area contributed by atoms with Crippen LogP contribution in [0.5, 0.6) is 5.75 Å². The molecule has 7 heteroatoms. The number of nitrogens with two attached hydrogens (primary N) is 2. The topological polar surface area (TPSA) is 116 Å². The molecule has 0 aliphatic rings. The molecule has 1 rings (SSSR count). The number of rotatable bonds is 3. The lowest BCUT2D eigenvalue weighted by atomic mass is 10.5. The Labute approximate surface area is 73.9 Å². The van der Waals surface area contributed by atoms with Gasteiger partial charge in [-0.1, -0.05) is 0 Å². The van der Waals surface area contributed by atoms with Gasteiger partial charge in [0.15, 0.2) is 11.6 Å². The molecular weight excluding hydrogens is 176 g/mol. The van der Waals surface area contributed by atoms with Crippen LogP contribution < -0.4 is 16.2 Å². The van der Waals surface area contributed by atoms with Gasteiger partial charge < -0.3 is 21.3 Å². The summed E-state index contributed by atoms with van der Waals surface area (Å²) in [7, 11) is 0. The van der Waals surface area contributed by atoms with Crippen LogP contribution in [-0.2, 0) is 6.54 Å². The predicted octanol–water partition coefficient (Wildman–Crippen LogP) is -1.08. The van der Waals surface area contributed by atoms with E-state index >= 15 is 0 Å². The lowest BCUT2D eigenvalue weighted by molar-refractivity contribution is 0.211. The third-order valence-electron chi connectivity index (χ3n) is 1.37. The average molecular weight is 186 g/mol. The maximum atomic E-state index is 10.3. The fourth-order valence-corrected chi connectivity index (χ4v) is 0.838. The summed E-state index contributed by atoms with van der Waals surface area (Å²) in [6.07, 6.45) is 0.311. The van der Waals surface area contributed by atoms with E-state index in [1.54, 1.807) is 0 Å². The van der Waals surface area contributed by atoms with E-state index in [2.05, 4.69) is 9.84 Å². The minimum absolute atomic E-state index is 0.0953. The first kappa shape index (κ1) is 9.33. The number of carbonyl (C=O) groups is 1. The minimum Gasteiger partial charge on any atom is -0.405 e. The molecule has 1 aromatic heterocycles. The molecule has 0 aliphatic carbocycles. The molecule has 0 spiro atoms. The predicted molar refractivity (Wildman–Crippen MR) is 43.9 cm³/mol. The van der Waals surface area contributed by atoms with Crippen LogP contribution in [0.2, 0.25) is 0 Å². The Bertz CT molecular complexity index is 309. The van der Waals surface area contributed by atoms with Gasteiger partial charge in [-0.2, -0.15) is 5.10 Å². The molecule has 0 aliphatic heterocycles. The second-order valence-corrected chi connectivity index (χ2v) is 2.26. The Morgan fingerprint density at radius 3 is 3.00 bits per heavy atom. The highest BCUT2D eigenvalue weighted by Gasteiger charge is 2.09. The first-order valence-electron chi connectivity index (χ1n) is 3.54. The molecule has 5 N–H and O–H groups in total. The van der Waals surface area contributed by atoms with Crippen molar-refractivity contribution in [2.75, 3.05) is 12.3 Å². The van der Waals surface area contributed by atoms with Gasteiger partial charge in [-0.25, -0.2) is 9.48 Å². The molecule has 0 aromatic carbocycles. The number of nitrogen functional groups attached to an aromatic ring is 1. The molecule has 0 unspecified atom stereocenters. The SMILES string of the molecule is NC(=O)Oc1cnn(CCO)c1N. The number of anilines is 1. The highest BCUT2D eigenvalue weighted by molar-refractivity contribution is 5.69. The zero-order valence-corrected chi connectivity index (χ0v) is 6.80. The monoisotopic (exact) mass is 186 g/mol. The second-order valence-electron chi connectivity index (χ2n) is 2.26. The van der Waals surface area contributed by atoms with E-state index < -0.39 is 6.09 Å². The molecule has 0 bridgehead atoms. The highest BCUT2D eigenvalue weighted by atomic mass is 16.5. The molecule has 0 atom stereocenters. The minimum atomic E-state index is -0.949. The number of aliphatic hydroxyl groups excluding tert-OH is 1. The third-order valence-corrected chi connectivity index (χ3v) is 1.37. The van der Waals surface area contributed by atoms with Crippen molar-refractivity contribution >= 4 is 11.9 Å². The van der Waals surface area contributed by atoms with Crippen molar-refractivity contribution in [3.8, 4) is 5.75 Å². The van der Waals surface area contributed by atoms with Gasteiger partial charge >= 0.3 is 6.09 Å². The average Bonchev–Trinajstić information content (AvgIpc) is 2.36. The van der Waals surface area contributed by atoms with E-state index in [-0.39, 0.29) is 24.7 Å². The van der Waals surface area contributed by atoms with Crippen molar-refractivity contribution in [3.05, 3.63) is 6.20 Å². The molecule has 7 nitrogen and oxygen atoms in total. The second kappa shape index (κ2) is 3.76. The summed E-state index contributed by atoms with van der Waals surface area (Å²) in [6, 6.07) is 0. The van der Waals surface area contributed by atoms with E-state index in [4.69, 9.17) is 16.6 Å². The van der Waals surface area contributed by atoms with Gasteiger partial charge in [0.05, 0.1) is 19.3 Å². The summed E-state index contributed by atoms with van der Waals surface area (Å²) in [5.74, 6) is 0.258. The van der Waals surface area contributed by atoms with E-state index in [0.717, 1.165) is 0 Å². The van der Waals surface area contributed by atoms with Gasteiger partial charge in [0, 0.05) is 0 Å². The van der Waals surface area contributed by atoms with Crippen molar-refractivity contribution in [1.29, 1.82) is 0 Å². The van der Waals surface area contributed by atoms with Crippen LogP contribution in [0.25, 0.3) is 0 Å². The lowest BCUT2D eigenvalue weighted by Crippen LogP contribution is -2.17. The van der Waals surface area contributed by atoms with Crippen LogP contribution in [0.1, 0.15) is 0 Å². The van der Waals surface area contributed by atoms with Crippen LogP contribution >= 0.6 is 0 Å². The first-order chi connectivity index (χ1) is 6.15. The molecule has 1 heterocycles. The van der Waals surface area contributed by atoms with Gasteiger partial charge in [-0.3, -0.25) is 0 Å². The van der Waals surface area contributed by atoms with Crippen LogP contribution in [0.3, 0.4) is 0 Å². The fourth-order valence-electron chi connectivity index (χ4n) is 0.838. The zero-order valence-electron chi connectivity index (χ0n) is 6.80. The van der Waals surface area contributed by atoms with Crippen LogP contribution in [0, 0.1) is 0 Å². The van der Waals surface area contributed by atoms with E-state index in [0.29, 0.717) is 0 Å². The van der Waals surface area contributed by atoms with E-state index in [1.165, 1.54) is 10.9 Å². The van der Waals surface area contributed by atoms with Crippen LogP contribution in [0.15, 0.2) is 6.20 Å². The molecule has 72 valence electrons. The Balaban J connectivity index is 2.79. The van der Waals surface area contributed by atoms with Crippen molar-refractivity contribution in [3.63, 3.8) is 0 Å². The van der Waals surface area contributed by atoms with Gasteiger partial charge in [-0.05, 0) is 0 Å². The summed E-state index contributed by atoms with van der Waals surface area (Å²) in [6.45, 7) is 0.149. The quantitative estimate of drug-likeness (QED) is 0.554. The van der Waals surface area contributed by atoms with Crippen molar-refractivity contribution in [2.45, 2.75) is 6.54 Å². The maximum Gasteiger partial charge on any atom is 0.410 e.